The summed E-state index contributed by atoms with van der Waals surface area (Å²) in [5.74, 6) is 0.642. The van der Waals surface area contributed by atoms with Crippen LogP contribution in [-0.2, 0) is 10.0 Å². The molecule has 18 heavy (non-hydrogen) atoms. The van der Waals surface area contributed by atoms with E-state index in [1.165, 1.54) is 11.4 Å². The quantitative estimate of drug-likeness (QED) is 0.872. The van der Waals surface area contributed by atoms with Crippen LogP contribution in [0.4, 0.5) is 0 Å². The summed E-state index contributed by atoms with van der Waals surface area (Å²) in [5.41, 5.74) is 5.59. The van der Waals surface area contributed by atoms with Crippen molar-refractivity contribution in [3.8, 4) is 5.75 Å². The average molecular weight is 270 g/mol. The van der Waals surface area contributed by atoms with Crippen LogP contribution in [0.25, 0.3) is 0 Å². The molecule has 1 aromatic carbocycles. The first-order chi connectivity index (χ1) is 8.59. The molecule has 0 aromatic heterocycles. The molecule has 1 aliphatic rings. The van der Waals surface area contributed by atoms with Crippen LogP contribution >= 0.6 is 0 Å². The van der Waals surface area contributed by atoms with E-state index in [1.807, 2.05) is 0 Å². The molecule has 1 heterocycles. The van der Waals surface area contributed by atoms with Gasteiger partial charge in [0.05, 0.1) is 7.11 Å². The highest BCUT2D eigenvalue weighted by molar-refractivity contribution is 7.89. The van der Waals surface area contributed by atoms with Crippen molar-refractivity contribution < 1.29 is 13.2 Å². The van der Waals surface area contributed by atoms with E-state index in [4.69, 9.17) is 10.5 Å². The monoisotopic (exact) mass is 270 g/mol. The fraction of sp³-hybridized carbons (Fsp3) is 0.500. The first-order valence-electron chi connectivity index (χ1n) is 5.93. The first-order valence-corrected chi connectivity index (χ1v) is 7.37. The van der Waals surface area contributed by atoms with Crippen molar-refractivity contribution in [2.75, 3.05) is 26.7 Å². The second kappa shape index (κ2) is 5.26. The predicted molar refractivity (Wildman–Crippen MR) is 68.9 cm³/mol. The van der Waals surface area contributed by atoms with Gasteiger partial charge in [0.2, 0.25) is 10.0 Å². The maximum Gasteiger partial charge on any atom is 0.246 e. The molecule has 6 heteroatoms. The predicted octanol–water partition coefficient (Wildman–Crippen LogP) is 0.664. The number of hydrogen-bond donors (Lipinski definition) is 1. The van der Waals surface area contributed by atoms with Crippen molar-refractivity contribution in [1.29, 1.82) is 0 Å². The van der Waals surface area contributed by atoms with Crippen molar-refractivity contribution in [2.45, 2.75) is 11.3 Å². The van der Waals surface area contributed by atoms with Crippen LogP contribution in [0.5, 0.6) is 5.75 Å². The highest BCUT2D eigenvalue weighted by Crippen LogP contribution is 2.29. The SMILES string of the molecule is COc1ccccc1S(=O)(=O)N1CC[C@@H](CN)C1. The Labute approximate surface area is 108 Å². The molecule has 0 bridgehead atoms. The summed E-state index contributed by atoms with van der Waals surface area (Å²) < 4.78 is 31.6. The molecule has 100 valence electrons. The number of methoxy groups -OCH3 is 1. The van der Waals surface area contributed by atoms with Crippen molar-refractivity contribution in [3.63, 3.8) is 0 Å². The van der Waals surface area contributed by atoms with Gasteiger partial charge in [-0.25, -0.2) is 8.42 Å². The van der Waals surface area contributed by atoms with Gasteiger partial charge in [-0.3, -0.25) is 0 Å². The molecule has 0 spiro atoms. The Hall–Kier alpha value is -1.11. The molecule has 1 fully saturated rings. The summed E-state index contributed by atoms with van der Waals surface area (Å²) >= 11 is 0. The minimum atomic E-state index is -3.47. The average Bonchev–Trinajstić information content (AvgIpc) is 2.88. The number of para-hydroxylation sites is 1. The number of sulfonamides is 1. The Morgan fingerprint density at radius 1 is 1.44 bits per heavy atom. The van der Waals surface area contributed by atoms with Crippen molar-refractivity contribution in [3.05, 3.63) is 24.3 Å². The summed E-state index contributed by atoms with van der Waals surface area (Å²) in [6.45, 7) is 1.55. The Kier molecular flexibility index (Phi) is 3.89. The largest absolute Gasteiger partial charge is 0.495 e. The zero-order valence-corrected chi connectivity index (χ0v) is 11.2. The minimum absolute atomic E-state index is 0.227. The van der Waals surface area contributed by atoms with Gasteiger partial charge in [-0.05, 0) is 31.0 Å². The molecule has 2 N–H and O–H groups in total. The first kappa shape index (κ1) is 13.3. The maximum atomic E-state index is 12.5. The Bertz CT molecular complexity index is 516. The third-order valence-corrected chi connectivity index (χ3v) is 5.17. The van der Waals surface area contributed by atoms with Gasteiger partial charge in [-0.1, -0.05) is 12.1 Å². The van der Waals surface area contributed by atoms with Crippen LogP contribution in [0.2, 0.25) is 0 Å². The third-order valence-electron chi connectivity index (χ3n) is 3.27. The number of rotatable bonds is 4. The van der Waals surface area contributed by atoms with Crippen molar-refractivity contribution >= 4 is 10.0 Å². The normalized spacial score (nSPS) is 21.1. The molecule has 2 rings (SSSR count). The van der Waals surface area contributed by atoms with E-state index < -0.39 is 10.0 Å². The van der Waals surface area contributed by atoms with Gasteiger partial charge >= 0.3 is 0 Å². The van der Waals surface area contributed by atoms with Crippen LogP contribution in [-0.4, -0.2) is 39.5 Å². The van der Waals surface area contributed by atoms with E-state index in [1.54, 1.807) is 24.3 Å². The van der Waals surface area contributed by atoms with E-state index in [0.717, 1.165) is 6.42 Å². The molecule has 0 amide bonds. The zero-order chi connectivity index (χ0) is 13.2. The van der Waals surface area contributed by atoms with Crippen LogP contribution < -0.4 is 10.5 Å². The molecule has 1 atom stereocenters. The van der Waals surface area contributed by atoms with Crippen molar-refractivity contribution in [2.24, 2.45) is 11.7 Å². The molecule has 0 aliphatic carbocycles. The number of ether oxygens (including phenoxy) is 1. The third kappa shape index (κ3) is 2.36. The van der Waals surface area contributed by atoms with Gasteiger partial charge in [0.15, 0.2) is 0 Å². The van der Waals surface area contributed by atoms with Gasteiger partial charge in [-0.2, -0.15) is 4.31 Å². The lowest BCUT2D eigenvalue weighted by Gasteiger charge is -2.18. The van der Waals surface area contributed by atoms with Gasteiger partial charge in [0, 0.05) is 13.1 Å². The summed E-state index contributed by atoms with van der Waals surface area (Å²) in [4.78, 5) is 0.227. The summed E-state index contributed by atoms with van der Waals surface area (Å²) in [6.07, 6.45) is 0.824. The van der Waals surface area contributed by atoms with Gasteiger partial charge in [0.25, 0.3) is 0 Å². The van der Waals surface area contributed by atoms with E-state index in [0.29, 0.717) is 25.4 Å². The minimum Gasteiger partial charge on any atom is -0.495 e. The molecule has 0 unspecified atom stereocenters. The highest BCUT2D eigenvalue weighted by atomic mass is 32.2. The lowest BCUT2D eigenvalue weighted by molar-refractivity contribution is 0.397. The Morgan fingerprint density at radius 2 is 2.17 bits per heavy atom. The van der Waals surface area contributed by atoms with Crippen LogP contribution in [0.3, 0.4) is 0 Å². The number of hydrogen-bond acceptors (Lipinski definition) is 4. The summed E-state index contributed by atoms with van der Waals surface area (Å²) in [6, 6.07) is 6.68. The molecular formula is C12H18N2O3S. The molecule has 1 aliphatic heterocycles. The fourth-order valence-corrected chi connectivity index (χ4v) is 3.87. The molecule has 1 aromatic rings. The number of benzene rings is 1. The van der Waals surface area contributed by atoms with E-state index >= 15 is 0 Å². The Balaban J connectivity index is 2.31. The maximum absolute atomic E-state index is 12.5. The van der Waals surface area contributed by atoms with Crippen molar-refractivity contribution in [1.82, 2.24) is 4.31 Å². The molecule has 5 nitrogen and oxygen atoms in total. The second-order valence-corrected chi connectivity index (χ2v) is 6.31. The van der Waals surface area contributed by atoms with E-state index in [-0.39, 0.29) is 10.8 Å². The van der Waals surface area contributed by atoms with Crippen LogP contribution in [0.1, 0.15) is 6.42 Å². The molecule has 0 radical (unpaired) electrons. The molecule has 1 saturated heterocycles. The lowest BCUT2D eigenvalue weighted by Crippen LogP contribution is -2.30. The lowest BCUT2D eigenvalue weighted by atomic mass is 10.1. The number of nitrogens with zero attached hydrogens (tertiary/aromatic N) is 1. The fourth-order valence-electron chi connectivity index (χ4n) is 2.18. The van der Waals surface area contributed by atoms with E-state index in [2.05, 4.69) is 0 Å². The van der Waals surface area contributed by atoms with Gasteiger partial charge in [-0.15, -0.1) is 0 Å². The summed E-state index contributed by atoms with van der Waals surface area (Å²) in [5, 5.41) is 0. The second-order valence-electron chi connectivity index (χ2n) is 4.40. The highest BCUT2D eigenvalue weighted by Gasteiger charge is 2.33. The van der Waals surface area contributed by atoms with Crippen LogP contribution in [0.15, 0.2) is 29.2 Å². The topological polar surface area (TPSA) is 72.6 Å². The van der Waals surface area contributed by atoms with E-state index in [9.17, 15) is 8.42 Å². The van der Waals surface area contributed by atoms with Crippen LogP contribution in [0, 0.1) is 5.92 Å². The summed E-state index contributed by atoms with van der Waals surface area (Å²) in [7, 11) is -2.00. The standard InChI is InChI=1S/C12H18N2O3S/c1-17-11-4-2-3-5-12(11)18(15,16)14-7-6-10(8-13)9-14/h2-5,10H,6-9,13H2,1H3/t10-/m0/s1. The number of nitrogens with two attached hydrogens (primary N) is 1. The molecular weight excluding hydrogens is 252 g/mol. The smallest absolute Gasteiger partial charge is 0.246 e. The zero-order valence-electron chi connectivity index (χ0n) is 10.4. The van der Waals surface area contributed by atoms with Gasteiger partial charge < -0.3 is 10.5 Å². The van der Waals surface area contributed by atoms with Gasteiger partial charge in [0.1, 0.15) is 10.6 Å². The molecule has 0 saturated carbocycles. The Morgan fingerprint density at radius 3 is 2.78 bits per heavy atom.